The summed E-state index contributed by atoms with van der Waals surface area (Å²) in [5, 5.41) is 5.38. The third kappa shape index (κ3) is 2.56. The zero-order valence-corrected chi connectivity index (χ0v) is 10.4. The van der Waals surface area contributed by atoms with E-state index in [0.29, 0.717) is 0 Å². The first-order chi connectivity index (χ1) is 8.06. The van der Waals surface area contributed by atoms with Crippen molar-refractivity contribution in [3.63, 3.8) is 0 Å². The van der Waals surface area contributed by atoms with Gasteiger partial charge in [-0.25, -0.2) is 0 Å². The van der Waals surface area contributed by atoms with Gasteiger partial charge >= 0.3 is 0 Å². The minimum absolute atomic E-state index is 0.984. The van der Waals surface area contributed by atoms with Crippen LogP contribution in [0.1, 0.15) is 11.1 Å². The van der Waals surface area contributed by atoms with Crippen molar-refractivity contribution in [3.8, 4) is 0 Å². The van der Waals surface area contributed by atoms with Crippen LogP contribution < -0.4 is 15.8 Å². The Morgan fingerprint density at radius 1 is 0.882 bits per heavy atom. The van der Waals surface area contributed by atoms with Crippen molar-refractivity contribution in [3.05, 3.63) is 58.0 Å². The summed E-state index contributed by atoms with van der Waals surface area (Å²) in [4.78, 5) is 0. The Kier molecular flexibility index (Phi) is 3.01. The molecule has 2 rings (SSSR count). The van der Waals surface area contributed by atoms with Crippen LogP contribution in [0.15, 0.2) is 36.4 Å². The van der Waals surface area contributed by atoms with Gasteiger partial charge in [-0.05, 0) is 42.0 Å². The Bertz CT molecular complexity index is 641. The van der Waals surface area contributed by atoms with Crippen LogP contribution in [-0.2, 0) is 0 Å². The van der Waals surface area contributed by atoms with Crippen molar-refractivity contribution in [1.29, 1.82) is 0 Å². The van der Waals surface area contributed by atoms with Crippen LogP contribution in [0, 0.1) is 13.8 Å². The average Bonchev–Trinajstić information content (AvgIpc) is 2.27. The standard InChI is InChI=1S/C16H17N/c1-11-6-8-15(14(4)9-11)17-16-10-12(2)5-7-13(16)3/h5-10,17H,2-3H2,1,4H3. The number of nitrogens with one attached hydrogen (secondary N) is 1. The van der Waals surface area contributed by atoms with Crippen molar-refractivity contribution in [2.75, 3.05) is 5.32 Å². The van der Waals surface area contributed by atoms with Crippen molar-refractivity contribution in [1.82, 2.24) is 0 Å². The van der Waals surface area contributed by atoms with Gasteiger partial charge in [-0.2, -0.15) is 0 Å². The molecule has 0 amide bonds. The summed E-state index contributed by atoms with van der Waals surface area (Å²) in [7, 11) is 0. The third-order valence-electron chi connectivity index (χ3n) is 2.83. The van der Waals surface area contributed by atoms with E-state index in [1.807, 2.05) is 18.2 Å². The van der Waals surface area contributed by atoms with Crippen LogP contribution in [0.5, 0.6) is 0 Å². The van der Waals surface area contributed by atoms with Crippen molar-refractivity contribution >= 4 is 24.5 Å². The van der Waals surface area contributed by atoms with E-state index >= 15 is 0 Å². The molecule has 0 unspecified atom stereocenters. The monoisotopic (exact) mass is 223 g/mol. The maximum absolute atomic E-state index is 4.01. The Morgan fingerprint density at radius 3 is 2.35 bits per heavy atom. The lowest BCUT2D eigenvalue weighted by atomic mass is 10.1. The van der Waals surface area contributed by atoms with Gasteiger partial charge in [0, 0.05) is 11.4 Å². The second kappa shape index (κ2) is 4.46. The fraction of sp³-hybridized carbons (Fsp3) is 0.125. The van der Waals surface area contributed by atoms with E-state index in [1.165, 1.54) is 11.1 Å². The van der Waals surface area contributed by atoms with Gasteiger partial charge in [0.05, 0.1) is 0 Å². The molecule has 0 aliphatic heterocycles. The summed E-state index contributed by atoms with van der Waals surface area (Å²) >= 11 is 0. The maximum atomic E-state index is 4.01. The summed E-state index contributed by atoms with van der Waals surface area (Å²) in [6.07, 6.45) is 0. The van der Waals surface area contributed by atoms with Crippen molar-refractivity contribution < 1.29 is 0 Å². The number of hydrogen-bond acceptors (Lipinski definition) is 1. The van der Waals surface area contributed by atoms with Gasteiger partial charge in [-0.15, -0.1) is 0 Å². The maximum Gasteiger partial charge on any atom is 0.0457 e. The highest BCUT2D eigenvalue weighted by Crippen LogP contribution is 2.18. The fourth-order valence-corrected chi connectivity index (χ4v) is 1.84. The van der Waals surface area contributed by atoms with Gasteiger partial charge in [0.25, 0.3) is 0 Å². The average molecular weight is 223 g/mol. The number of anilines is 2. The summed E-state index contributed by atoms with van der Waals surface area (Å²) in [5.74, 6) is 0. The minimum atomic E-state index is 0.984. The molecule has 86 valence electrons. The molecule has 0 saturated carbocycles. The molecule has 0 aromatic heterocycles. The molecule has 0 aliphatic carbocycles. The Hall–Kier alpha value is -2.02. The van der Waals surface area contributed by atoms with Gasteiger partial charge in [-0.1, -0.05) is 43.0 Å². The first-order valence-electron chi connectivity index (χ1n) is 5.68. The molecule has 1 heteroatoms. The Morgan fingerprint density at radius 2 is 1.65 bits per heavy atom. The molecule has 0 atom stereocenters. The molecule has 2 aromatic carbocycles. The molecule has 0 aliphatic rings. The van der Waals surface area contributed by atoms with Crippen molar-refractivity contribution in [2.45, 2.75) is 13.8 Å². The number of hydrogen-bond donors (Lipinski definition) is 1. The topological polar surface area (TPSA) is 12.0 Å². The molecule has 0 saturated heterocycles. The summed E-state index contributed by atoms with van der Waals surface area (Å²) in [6.45, 7) is 12.1. The molecule has 0 fully saturated rings. The zero-order valence-electron chi connectivity index (χ0n) is 10.4. The largest absolute Gasteiger partial charge is 0.355 e. The second-order valence-corrected chi connectivity index (χ2v) is 4.43. The molecule has 17 heavy (non-hydrogen) atoms. The molecule has 1 nitrogen and oxygen atoms in total. The van der Waals surface area contributed by atoms with Gasteiger partial charge in [-0.3, -0.25) is 0 Å². The van der Waals surface area contributed by atoms with Gasteiger partial charge < -0.3 is 5.32 Å². The van der Waals surface area contributed by atoms with E-state index in [0.717, 1.165) is 21.8 Å². The van der Waals surface area contributed by atoms with Crippen LogP contribution in [0.4, 0.5) is 11.4 Å². The van der Waals surface area contributed by atoms with Gasteiger partial charge in [0.1, 0.15) is 0 Å². The molecule has 0 bridgehead atoms. The molecule has 0 radical (unpaired) electrons. The van der Waals surface area contributed by atoms with Crippen molar-refractivity contribution in [2.24, 2.45) is 0 Å². The summed E-state index contributed by atoms with van der Waals surface area (Å²) < 4.78 is 0. The second-order valence-electron chi connectivity index (χ2n) is 4.43. The lowest BCUT2D eigenvalue weighted by Gasteiger charge is -2.10. The molecular weight excluding hydrogens is 206 g/mol. The van der Waals surface area contributed by atoms with Crippen LogP contribution in [0.2, 0.25) is 0 Å². The fourth-order valence-electron chi connectivity index (χ4n) is 1.84. The molecule has 0 heterocycles. The Balaban J connectivity index is 2.41. The number of benzene rings is 2. The van der Waals surface area contributed by atoms with E-state index in [4.69, 9.17) is 0 Å². The highest BCUT2D eigenvalue weighted by Gasteiger charge is 1.99. The number of aryl methyl sites for hydroxylation is 2. The predicted octanol–water partition coefficient (Wildman–Crippen LogP) is 2.87. The van der Waals surface area contributed by atoms with Crippen LogP contribution in [0.3, 0.4) is 0 Å². The van der Waals surface area contributed by atoms with Crippen LogP contribution in [-0.4, -0.2) is 0 Å². The van der Waals surface area contributed by atoms with Gasteiger partial charge in [0.2, 0.25) is 0 Å². The smallest absolute Gasteiger partial charge is 0.0457 e. The molecule has 1 N–H and O–H groups in total. The lowest BCUT2D eigenvalue weighted by Crippen LogP contribution is -2.11. The first-order valence-corrected chi connectivity index (χ1v) is 5.68. The highest BCUT2D eigenvalue weighted by atomic mass is 14.9. The Labute approximate surface area is 102 Å². The first kappa shape index (κ1) is 11.5. The molecular formula is C16H17N. The third-order valence-corrected chi connectivity index (χ3v) is 2.83. The minimum Gasteiger partial charge on any atom is -0.355 e. The lowest BCUT2D eigenvalue weighted by molar-refractivity contribution is 1.36. The predicted molar refractivity (Wildman–Crippen MR) is 75.9 cm³/mol. The van der Waals surface area contributed by atoms with E-state index in [9.17, 15) is 0 Å². The van der Waals surface area contributed by atoms with E-state index in [1.54, 1.807) is 0 Å². The van der Waals surface area contributed by atoms with Gasteiger partial charge in [0.15, 0.2) is 0 Å². The van der Waals surface area contributed by atoms with E-state index in [-0.39, 0.29) is 0 Å². The SMILES string of the molecule is C=c1ccc(=C)c(Nc2ccc(C)cc2C)c1. The quantitative estimate of drug-likeness (QED) is 0.825. The molecule has 0 spiro atoms. The summed E-state index contributed by atoms with van der Waals surface area (Å²) in [5.41, 5.74) is 4.64. The van der Waals surface area contributed by atoms with Crippen LogP contribution in [0.25, 0.3) is 13.2 Å². The zero-order chi connectivity index (χ0) is 12.4. The van der Waals surface area contributed by atoms with Crippen LogP contribution >= 0.6 is 0 Å². The molecule has 2 aromatic rings. The number of rotatable bonds is 2. The normalized spacial score (nSPS) is 10.2. The van der Waals surface area contributed by atoms with E-state index < -0.39 is 0 Å². The summed E-state index contributed by atoms with van der Waals surface area (Å²) in [6, 6.07) is 12.3. The van der Waals surface area contributed by atoms with E-state index in [2.05, 4.69) is 50.5 Å². The highest BCUT2D eigenvalue weighted by molar-refractivity contribution is 5.64.